The van der Waals surface area contributed by atoms with Gasteiger partial charge in [0.05, 0.1) is 12.1 Å². The highest BCUT2D eigenvalue weighted by atomic mass is 35.5. The molecule has 7 nitrogen and oxygen atoms in total. The molecule has 0 aromatic heterocycles. The van der Waals surface area contributed by atoms with Crippen molar-refractivity contribution in [1.82, 2.24) is 15.1 Å². The third-order valence-corrected chi connectivity index (χ3v) is 7.50. The van der Waals surface area contributed by atoms with Crippen molar-refractivity contribution in [2.45, 2.75) is 32.7 Å². The molecule has 1 aliphatic carbocycles. The van der Waals surface area contributed by atoms with E-state index in [2.05, 4.69) is 35.2 Å². The van der Waals surface area contributed by atoms with Gasteiger partial charge in [-0.15, -0.1) is 0 Å². The molecule has 3 aliphatic rings. The van der Waals surface area contributed by atoms with E-state index in [4.69, 9.17) is 22.0 Å². The largest absolute Gasteiger partial charge is 0.509 e. The van der Waals surface area contributed by atoms with Crippen molar-refractivity contribution in [3.8, 4) is 0 Å². The minimum atomic E-state index is -0.806. The van der Waals surface area contributed by atoms with E-state index in [0.29, 0.717) is 22.9 Å². The number of hydrogen-bond donors (Lipinski definition) is 3. The van der Waals surface area contributed by atoms with Crippen LogP contribution in [-0.4, -0.2) is 84.6 Å². The topological polar surface area (TPSA) is 92.0 Å². The molecule has 0 bridgehead atoms. The zero-order valence-corrected chi connectivity index (χ0v) is 23.3. The van der Waals surface area contributed by atoms with E-state index >= 15 is 0 Å². The van der Waals surface area contributed by atoms with Gasteiger partial charge in [-0.2, -0.15) is 0 Å². The van der Waals surface area contributed by atoms with Crippen LogP contribution in [-0.2, 0) is 4.79 Å². The van der Waals surface area contributed by atoms with Crippen LogP contribution >= 0.6 is 11.6 Å². The molecular weight excluding hydrogens is 498 g/mol. The van der Waals surface area contributed by atoms with E-state index < -0.39 is 6.04 Å². The Morgan fingerprint density at radius 3 is 2.45 bits per heavy atom. The van der Waals surface area contributed by atoms with Gasteiger partial charge in [-0.05, 0) is 50.6 Å². The van der Waals surface area contributed by atoms with Crippen molar-refractivity contribution in [2.24, 2.45) is 10.9 Å². The van der Waals surface area contributed by atoms with Gasteiger partial charge in [0, 0.05) is 60.2 Å². The number of amides is 1. The average Bonchev–Trinajstić information content (AvgIpc) is 3.13. The van der Waals surface area contributed by atoms with Gasteiger partial charge in [0.2, 0.25) is 5.91 Å². The highest BCUT2D eigenvalue weighted by molar-refractivity contribution is 6.30. The second-order valence-electron chi connectivity index (χ2n) is 10.3. The monoisotopic (exact) mass is 535 g/mol. The number of aliphatic hydroxyl groups is 1. The lowest BCUT2D eigenvalue weighted by molar-refractivity contribution is -0.121. The van der Waals surface area contributed by atoms with E-state index in [1.807, 2.05) is 42.5 Å². The van der Waals surface area contributed by atoms with Crippen molar-refractivity contribution in [3.05, 3.63) is 81.6 Å². The lowest BCUT2D eigenvalue weighted by atomic mass is 9.91. The Morgan fingerprint density at radius 1 is 1.13 bits per heavy atom. The SMILES string of the molecule is CC(=N)C1=C(O)C(CC(=O)NCCCN2CCN(C)CC2)N=C(c2ccc(Cl)cc2)C2=C1C=CC(C)C=C2. The molecule has 1 saturated heterocycles. The molecule has 2 aliphatic heterocycles. The predicted molar refractivity (Wildman–Crippen MR) is 155 cm³/mol. The summed E-state index contributed by atoms with van der Waals surface area (Å²) in [6.07, 6.45) is 8.95. The molecule has 8 heteroatoms. The number of halogens is 1. The number of nitrogens with zero attached hydrogens (tertiary/aromatic N) is 3. The smallest absolute Gasteiger partial charge is 0.222 e. The maximum Gasteiger partial charge on any atom is 0.222 e. The third kappa shape index (κ3) is 6.90. The molecule has 1 fully saturated rings. The minimum absolute atomic E-state index is 0.00139. The second-order valence-corrected chi connectivity index (χ2v) is 10.8. The number of rotatable bonds is 8. The first-order valence-corrected chi connectivity index (χ1v) is 13.7. The number of nitrogens with one attached hydrogen (secondary N) is 2. The van der Waals surface area contributed by atoms with E-state index in [1.165, 1.54) is 0 Å². The van der Waals surface area contributed by atoms with Crippen LogP contribution in [0.1, 0.15) is 32.3 Å². The number of allylic oxidation sites excluding steroid dienone is 7. The standard InChI is InChI=1S/C30H38ClN5O2/c1-20-5-11-24-25(12-6-20)29(22-7-9-23(31)10-8-22)34-26(30(38)28(24)21(2)32)19-27(37)33-13-4-14-36-17-15-35(3)16-18-36/h5-12,20,26,32,38H,4,13-19H2,1-3H3,(H,33,37). The fourth-order valence-electron chi connectivity index (χ4n) is 4.98. The van der Waals surface area contributed by atoms with E-state index in [0.717, 1.165) is 55.9 Å². The molecular formula is C30H38ClN5O2. The van der Waals surface area contributed by atoms with E-state index in [1.54, 1.807) is 6.92 Å². The van der Waals surface area contributed by atoms with Gasteiger partial charge in [-0.25, -0.2) is 0 Å². The highest BCUT2D eigenvalue weighted by Gasteiger charge is 2.30. The first-order valence-electron chi connectivity index (χ1n) is 13.3. The zero-order chi connectivity index (χ0) is 27.2. The molecule has 0 saturated carbocycles. The Morgan fingerprint density at radius 2 is 1.79 bits per heavy atom. The van der Waals surface area contributed by atoms with Crippen molar-refractivity contribution in [1.29, 1.82) is 5.41 Å². The molecule has 1 aromatic carbocycles. The van der Waals surface area contributed by atoms with Crippen molar-refractivity contribution in [2.75, 3.05) is 46.3 Å². The maximum absolute atomic E-state index is 13.0. The van der Waals surface area contributed by atoms with Gasteiger partial charge in [-0.3, -0.25) is 9.79 Å². The fraction of sp³-hybridized carbons (Fsp3) is 0.433. The Hall–Kier alpha value is -3.00. The van der Waals surface area contributed by atoms with Crippen molar-refractivity contribution < 1.29 is 9.90 Å². The summed E-state index contributed by atoms with van der Waals surface area (Å²) in [4.78, 5) is 22.7. The van der Waals surface area contributed by atoms with Gasteiger partial charge >= 0.3 is 0 Å². The summed E-state index contributed by atoms with van der Waals surface area (Å²) in [6, 6.07) is 6.60. The summed E-state index contributed by atoms with van der Waals surface area (Å²) in [5.41, 5.74) is 3.71. The number of benzene rings is 1. The van der Waals surface area contributed by atoms with Crippen LogP contribution in [0.5, 0.6) is 0 Å². The van der Waals surface area contributed by atoms with Crippen LogP contribution in [0, 0.1) is 11.3 Å². The highest BCUT2D eigenvalue weighted by Crippen LogP contribution is 2.33. The van der Waals surface area contributed by atoms with Crippen molar-refractivity contribution in [3.63, 3.8) is 0 Å². The van der Waals surface area contributed by atoms with Gasteiger partial charge < -0.3 is 25.6 Å². The number of carbonyl (C=O) groups is 1. The van der Waals surface area contributed by atoms with Crippen molar-refractivity contribution >= 4 is 28.9 Å². The predicted octanol–water partition coefficient (Wildman–Crippen LogP) is 4.57. The molecule has 4 rings (SSSR count). The average molecular weight is 536 g/mol. The van der Waals surface area contributed by atoms with Gasteiger partial charge in [-0.1, -0.05) is 55.0 Å². The molecule has 2 atom stereocenters. The fourth-order valence-corrected chi connectivity index (χ4v) is 5.11. The molecule has 1 amide bonds. The first-order chi connectivity index (χ1) is 18.2. The molecule has 202 valence electrons. The molecule has 2 unspecified atom stereocenters. The summed E-state index contributed by atoms with van der Waals surface area (Å²) >= 11 is 6.16. The Kier molecular flexibility index (Phi) is 9.36. The van der Waals surface area contributed by atoms with E-state index in [-0.39, 0.29) is 29.7 Å². The quantitative estimate of drug-likeness (QED) is 0.336. The summed E-state index contributed by atoms with van der Waals surface area (Å²) in [5.74, 6) is -0.0256. The lowest BCUT2D eigenvalue weighted by Crippen LogP contribution is -2.45. The zero-order valence-electron chi connectivity index (χ0n) is 22.5. The number of hydrogen-bond acceptors (Lipinski definition) is 6. The first kappa shape index (κ1) is 28.0. The second kappa shape index (κ2) is 12.7. The molecule has 3 N–H and O–H groups in total. The number of aliphatic hydroxyl groups excluding tert-OH is 1. The van der Waals surface area contributed by atoms with Crippen LogP contribution in [0.2, 0.25) is 5.02 Å². The van der Waals surface area contributed by atoms with Crippen LogP contribution in [0.15, 0.2) is 76.0 Å². The Labute approximate surface area is 230 Å². The Balaban J connectivity index is 1.56. The molecule has 0 radical (unpaired) electrons. The molecule has 0 spiro atoms. The molecule has 1 aromatic rings. The third-order valence-electron chi connectivity index (χ3n) is 7.24. The van der Waals surface area contributed by atoms with Crippen LogP contribution < -0.4 is 5.32 Å². The number of aliphatic imine (C=N–C) groups is 1. The van der Waals surface area contributed by atoms with Crippen LogP contribution in [0.25, 0.3) is 0 Å². The minimum Gasteiger partial charge on any atom is -0.509 e. The van der Waals surface area contributed by atoms with Gasteiger partial charge in [0.15, 0.2) is 0 Å². The van der Waals surface area contributed by atoms with Gasteiger partial charge in [0.1, 0.15) is 11.8 Å². The summed E-state index contributed by atoms with van der Waals surface area (Å²) in [7, 11) is 2.14. The number of carbonyl (C=O) groups excluding carboxylic acids is 1. The van der Waals surface area contributed by atoms with Gasteiger partial charge in [0.25, 0.3) is 0 Å². The Bertz CT molecular complexity index is 1200. The number of piperazine rings is 1. The van der Waals surface area contributed by atoms with E-state index in [9.17, 15) is 9.90 Å². The van der Waals surface area contributed by atoms with Crippen LogP contribution in [0.4, 0.5) is 0 Å². The lowest BCUT2D eigenvalue weighted by Gasteiger charge is -2.32. The molecule has 38 heavy (non-hydrogen) atoms. The normalized spacial score (nSPS) is 22.6. The molecule has 2 heterocycles. The summed E-state index contributed by atoms with van der Waals surface area (Å²) in [6.45, 7) is 9.52. The maximum atomic E-state index is 13.0. The summed E-state index contributed by atoms with van der Waals surface area (Å²) < 4.78 is 0. The number of likely N-dealkylation sites (N-methyl/N-ethyl adjacent to an activating group) is 1. The summed E-state index contributed by atoms with van der Waals surface area (Å²) in [5, 5.41) is 23.5. The van der Waals surface area contributed by atoms with Crippen LogP contribution in [0.3, 0.4) is 0 Å².